The molecule has 0 radical (unpaired) electrons. The summed E-state index contributed by atoms with van der Waals surface area (Å²) in [5.74, 6) is 1.58. The molecule has 0 aromatic rings. The summed E-state index contributed by atoms with van der Waals surface area (Å²) in [5.41, 5.74) is 6.39. The van der Waals surface area contributed by atoms with Crippen molar-refractivity contribution < 1.29 is 0 Å². The second-order valence-electron chi connectivity index (χ2n) is 6.38. The van der Waals surface area contributed by atoms with Gasteiger partial charge in [0.25, 0.3) is 0 Å². The van der Waals surface area contributed by atoms with Gasteiger partial charge in [-0.2, -0.15) is 0 Å². The first kappa shape index (κ1) is 14.0. The molecule has 1 saturated carbocycles. The van der Waals surface area contributed by atoms with E-state index < -0.39 is 0 Å². The van der Waals surface area contributed by atoms with E-state index in [1.54, 1.807) is 0 Å². The van der Waals surface area contributed by atoms with Crippen molar-refractivity contribution in [1.29, 1.82) is 0 Å². The summed E-state index contributed by atoms with van der Waals surface area (Å²) in [4.78, 5) is 2.38. The molecule has 0 spiro atoms. The summed E-state index contributed by atoms with van der Waals surface area (Å²) in [6.07, 6.45) is 5.29. The molecular weight excluding hydrogens is 196 g/mol. The van der Waals surface area contributed by atoms with Gasteiger partial charge in [-0.15, -0.1) is 0 Å². The minimum atomic E-state index is 0.494. The molecule has 1 rings (SSSR count). The Morgan fingerprint density at radius 2 is 1.88 bits per heavy atom. The fraction of sp³-hybridized carbons (Fsp3) is 1.00. The van der Waals surface area contributed by atoms with Crippen LogP contribution in [0.1, 0.15) is 46.5 Å². The highest BCUT2D eigenvalue weighted by Gasteiger charge is 2.37. The van der Waals surface area contributed by atoms with E-state index >= 15 is 0 Å². The standard InChI is InChI=1S/C14H30N2/c1-6-14(2,3)12-8-7-11(10-15)13(9-12)16(4)5/h11-13H,6-10,15H2,1-5H3. The number of hydrogen-bond acceptors (Lipinski definition) is 2. The Balaban J connectivity index is 2.69. The van der Waals surface area contributed by atoms with E-state index in [9.17, 15) is 0 Å². The van der Waals surface area contributed by atoms with Crippen molar-refractivity contribution in [3.05, 3.63) is 0 Å². The van der Waals surface area contributed by atoms with Gasteiger partial charge in [0, 0.05) is 6.04 Å². The average Bonchev–Trinajstić information content (AvgIpc) is 2.28. The Hall–Kier alpha value is -0.0800. The van der Waals surface area contributed by atoms with E-state index in [-0.39, 0.29) is 0 Å². The summed E-state index contributed by atoms with van der Waals surface area (Å²) in [6, 6.07) is 0.689. The molecule has 2 heteroatoms. The predicted molar refractivity (Wildman–Crippen MR) is 71.4 cm³/mol. The summed E-state index contributed by atoms with van der Waals surface area (Å²) in [5, 5.41) is 0. The third-order valence-electron chi connectivity index (χ3n) is 4.94. The van der Waals surface area contributed by atoms with Gasteiger partial charge in [0.2, 0.25) is 0 Å². The van der Waals surface area contributed by atoms with Crippen LogP contribution in [0.5, 0.6) is 0 Å². The molecule has 3 atom stereocenters. The SMILES string of the molecule is CCC(C)(C)C1CCC(CN)C(N(C)C)C1. The van der Waals surface area contributed by atoms with Crippen LogP contribution in [-0.4, -0.2) is 31.6 Å². The molecule has 0 amide bonds. The zero-order valence-electron chi connectivity index (χ0n) is 11.8. The third-order valence-corrected chi connectivity index (χ3v) is 4.94. The molecule has 1 fully saturated rings. The minimum absolute atomic E-state index is 0.494. The molecule has 0 heterocycles. The van der Waals surface area contributed by atoms with Crippen LogP contribution in [0.15, 0.2) is 0 Å². The number of hydrogen-bond donors (Lipinski definition) is 1. The van der Waals surface area contributed by atoms with Crippen LogP contribution in [0.3, 0.4) is 0 Å². The third kappa shape index (κ3) is 2.98. The molecule has 2 N–H and O–H groups in total. The van der Waals surface area contributed by atoms with Gasteiger partial charge in [-0.3, -0.25) is 0 Å². The van der Waals surface area contributed by atoms with E-state index in [2.05, 4.69) is 39.8 Å². The van der Waals surface area contributed by atoms with Crippen molar-refractivity contribution in [3.63, 3.8) is 0 Å². The van der Waals surface area contributed by atoms with Gasteiger partial charge in [0.1, 0.15) is 0 Å². The van der Waals surface area contributed by atoms with Gasteiger partial charge in [0.15, 0.2) is 0 Å². The highest BCUT2D eigenvalue weighted by Crippen LogP contribution is 2.42. The second kappa shape index (κ2) is 5.50. The van der Waals surface area contributed by atoms with Gasteiger partial charge < -0.3 is 10.6 Å². The molecule has 1 aliphatic rings. The normalized spacial score (nSPS) is 32.1. The predicted octanol–water partition coefficient (Wildman–Crippen LogP) is 2.73. The molecule has 0 aliphatic heterocycles. The van der Waals surface area contributed by atoms with Gasteiger partial charge >= 0.3 is 0 Å². The number of nitrogens with zero attached hydrogens (tertiary/aromatic N) is 1. The largest absolute Gasteiger partial charge is 0.330 e. The van der Waals surface area contributed by atoms with Crippen molar-refractivity contribution in [2.24, 2.45) is 23.0 Å². The molecule has 0 bridgehead atoms. The Morgan fingerprint density at radius 3 is 2.31 bits per heavy atom. The monoisotopic (exact) mass is 226 g/mol. The fourth-order valence-electron chi connectivity index (χ4n) is 3.12. The zero-order valence-corrected chi connectivity index (χ0v) is 11.8. The van der Waals surface area contributed by atoms with Gasteiger partial charge in [-0.05, 0) is 57.2 Å². The fourth-order valence-corrected chi connectivity index (χ4v) is 3.12. The first-order valence-corrected chi connectivity index (χ1v) is 6.78. The van der Waals surface area contributed by atoms with Crippen molar-refractivity contribution >= 4 is 0 Å². The van der Waals surface area contributed by atoms with Gasteiger partial charge in [0.05, 0.1) is 0 Å². The van der Waals surface area contributed by atoms with E-state index in [1.807, 2.05) is 0 Å². The molecule has 2 nitrogen and oxygen atoms in total. The maximum atomic E-state index is 5.89. The lowest BCUT2D eigenvalue weighted by Crippen LogP contribution is -2.45. The highest BCUT2D eigenvalue weighted by atomic mass is 15.1. The molecule has 0 aromatic carbocycles. The lowest BCUT2D eigenvalue weighted by molar-refractivity contribution is 0.0612. The number of rotatable bonds is 4. The molecule has 3 unspecified atom stereocenters. The summed E-state index contributed by atoms with van der Waals surface area (Å²) < 4.78 is 0. The first-order chi connectivity index (χ1) is 7.42. The maximum absolute atomic E-state index is 5.89. The van der Waals surface area contributed by atoms with Crippen LogP contribution in [0.25, 0.3) is 0 Å². The van der Waals surface area contributed by atoms with Crippen molar-refractivity contribution in [2.45, 2.75) is 52.5 Å². The van der Waals surface area contributed by atoms with Crippen LogP contribution >= 0.6 is 0 Å². The summed E-state index contributed by atoms with van der Waals surface area (Å²) in [6.45, 7) is 8.02. The quantitative estimate of drug-likeness (QED) is 0.798. The van der Waals surface area contributed by atoms with E-state index in [0.29, 0.717) is 17.4 Å². The molecule has 0 aromatic heterocycles. The van der Waals surface area contributed by atoms with Crippen LogP contribution in [0.4, 0.5) is 0 Å². The van der Waals surface area contributed by atoms with Gasteiger partial charge in [-0.25, -0.2) is 0 Å². The Kier molecular flexibility index (Phi) is 4.81. The van der Waals surface area contributed by atoms with E-state index in [1.165, 1.54) is 25.7 Å². The lowest BCUT2D eigenvalue weighted by atomic mass is 9.66. The Bertz CT molecular complexity index is 211. The topological polar surface area (TPSA) is 29.3 Å². The average molecular weight is 226 g/mol. The molecule has 96 valence electrons. The van der Waals surface area contributed by atoms with Crippen LogP contribution in [0.2, 0.25) is 0 Å². The summed E-state index contributed by atoms with van der Waals surface area (Å²) >= 11 is 0. The van der Waals surface area contributed by atoms with Crippen molar-refractivity contribution in [2.75, 3.05) is 20.6 Å². The van der Waals surface area contributed by atoms with Crippen LogP contribution in [-0.2, 0) is 0 Å². The molecule has 16 heavy (non-hydrogen) atoms. The molecule has 1 aliphatic carbocycles. The van der Waals surface area contributed by atoms with Gasteiger partial charge in [-0.1, -0.05) is 27.2 Å². The zero-order chi connectivity index (χ0) is 12.3. The maximum Gasteiger partial charge on any atom is 0.0132 e. The van der Waals surface area contributed by atoms with Crippen molar-refractivity contribution in [3.8, 4) is 0 Å². The Morgan fingerprint density at radius 1 is 1.25 bits per heavy atom. The summed E-state index contributed by atoms with van der Waals surface area (Å²) in [7, 11) is 4.41. The number of nitrogens with two attached hydrogens (primary N) is 1. The van der Waals surface area contributed by atoms with Crippen molar-refractivity contribution in [1.82, 2.24) is 4.90 Å². The highest BCUT2D eigenvalue weighted by molar-refractivity contribution is 4.90. The van der Waals surface area contributed by atoms with E-state index in [4.69, 9.17) is 5.73 Å². The molecule has 0 saturated heterocycles. The van der Waals surface area contributed by atoms with Crippen LogP contribution in [0, 0.1) is 17.3 Å². The minimum Gasteiger partial charge on any atom is -0.330 e. The molecular formula is C14H30N2. The van der Waals surface area contributed by atoms with Crippen LogP contribution < -0.4 is 5.73 Å². The lowest BCUT2D eigenvalue weighted by Gasteiger charge is -2.45. The van der Waals surface area contributed by atoms with E-state index in [0.717, 1.165) is 12.5 Å². The second-order valence-corrected chi connectivity index (χ2v) is 6.38. The first-order valence-electron chi connectivity index (χ1n) is 6.78. The smallest absolute Gasteiger partial charge is 0.0132 e. The Labute approximate surface area is 102 Å².